The highest BCUT2D eigenvalue weighted by Gasteiger charge is 2.23. The van der Waals surface area contributed by atoms with Gasteiger partial charge >= 0.3 is 0 Å². The zero-order chi connectivity index (χ0) is 19.0. The van der Waals surface area contributed by atoms with Crippen LogP contribution in [0.4, 0.5) is 0 Å². The van der Waals surface area contributed by atoms with E-state index in [2.05, 4.69) is 35.0 Å². The molecule has 6 nitrogen and oxygen atoms in total. The van der Waals surface area contributed by atoms with Crippen LogP contribution in [0.3, 0.4) is 0 Å². The lowest BCUT2D eigenvalue weighted by atomic mass is 10.2. The van der Waals surface area contributed by atoms with Crippen LogP contribution in [0.15, 0.2) is 47.4 Å². The van der Waals surface area contributed by atoms with Crippen molar-refractivity contribution in [3.8, 4) is 0 Å². The Labute approximate surface area is 159 Å². The number of ether oxygens (including phenoxy) is 1. The molecule has 1 aromatic heterocycles. The standard InChI is InChI=1S/C20H23N3O3S/c1-14-3-8-19-18(9-14)22-20-13-26-12-16(23(19)20)11-21-10-15-4-6-17(7-5-15)27(2,24)25/h3-9,16,21H,10-13H2,1-2H3. The molecular formula is C20H23N3O3S. The topological polar surface area (TPSA) is 73.2 Å². The van der Waals surface area contributed by atoms with E-state index in [1.54, 1.807) is 12.1 Å². The second kappa shape index (κ2) is 7.07. The summed E-state index contributed by atoms with van der Waals surface area (Å²) in [5.41, 5.74) is 4.40. The van der Waals surface area contributed by atoms with Crippen molar-refractivity contribution in [3.05, 3.63) is 59.4 Å². The molecule has 0 saturated heterocycles. The van der Waals surface area contributed by atoms with Crippen molar-refractivity contribution < 1.29 is 13.2 Å². The van der Waals surface area contributed by atoms with Gasteiger partial charge in [-0.15, -0.1) is 0 Å². The highest BCUT2D eigenvalue weighted by atomic mass is 32.2. The predicted octanol–water partition coefficient (Wildman–Crippen LogP) is 2.61. The third-order valence-corrected chi connectivity index (χ3v) is 6.01. The quantitative estimate of drug-likeness (QED) is 0.731. The molecule has 1 atom stereocenters. The number of aromatic nitrogens is 2. The highest BCUT2D eigenvalue weighted by molar-refractivity contribution is 7.90. The van der Waals surface area contributed by atoms with Gasteiger partial charge in [0.25, 0.3) is 0 Å². The average Bonchev–Trinajstić information content (AvgIpc) is 2.99. The third kappa shape index (κ3) is 3.76. The zero-order valence-corrected chi connectivity index (χ0v) is 16.3. The van der Waals surface area contributed by atoms with E-state index >= 15 is 0 Å². The van der Waals surface area contributed by atoms with Gasteiger partial charge in [0.2, 0.25) is 0 Å². The van der Waals surface area contributed by atoms with E-state index in [1.807, 2.05) is 12.1 Å². The molecule has 7 heteroatoms. The smallest absolute Gasteiger partial charge is 0.175 e. The molecule has 3 aromatic rings. The highest BCUT2D eigenvalue weighted by Crippen LogP contribution is 2.26. The second-order valence-electron chi connectivity index (χ2n) is 7.11. The monoisotopic (exact) mass is 385 g/mol. The number of nitrogens with one attached hydrogen (secondary N) is 1. The fourth-order valence-electron chi connectivity index (χ4n) is 3.52. The number of rotatable bonds is 5. The number of hydrogen-bond acceptors (Lipinski definition) is 5. The van der Waals surface area contributed by atoms with Crippen molar-refractivity contribution >= 4 is 20.9 Å². The van der Waals surface area contributed by atoms with Gasteiger partial charge in [0.1, 0.15) is 12.4 Å². The number of fused-ring (bicyclic) bond motifs is 3. The Morgan fingerprint density at radius 3 is 2.74 bits per heavy atom. The van der Waals surface area contributed by atoms with Gasteiger partial charge in [0.15, 0.2) is 9.84 Å². The largest absolute Gasteiger partial charge is 0.371 e. The van der Waals surface area contributed by atoms with Crippen molar-refractivity contribution in [2.45, 2.75) is 31.0 Å². The molecule has 0 fully saturated rings. The second-order valence-corrected chi connectivity index (χ2v) is 9.12. The first-order chi connectivity index (χ1) is 12.9. The predicted molar refractivity (Wildman–Crippen MR) is 104 cm³/mol. The lowest BCUT2D eigenvalue weighted by Crippen LogP contribution is -2.32. The summed E-state index contributed by atoms with van der Waals surface area (Å²) in [7, 11) is -3.16. The normalized spacial score (nSPS) is 17.2. The van der Waals surface area contributed by atoms with Crippen LogP contribution in [0.1, 0.15) is 23.0 Å². The summed E-state index contributed by atoms with van der Waals surface area (Å²) in [6.45, 7) is 4.67. The molecule has 0 bridgehead atoms. The van der Waals surface area contributed by atoms with Crippen molar-refractivity contribution in [1.29, 1.82) is 0 Å². The molecule has 4 rings (SSSR count). The fourth-order valence-corrected chi connectivity index (χ4v) is 4.15. The summed E-state index contributed by atoms with van der Waals surface area (Å²) < 4.78 is 31.1. The van der Waals surface area contributed by atoms with Gasteiger partial charge in [0, 0.05) is 19.3 Å². The summed E-state index contributed by atoms with van der Waals surface area (Å²) in [6.07, 6.45) is 1.22. The maximum Gasteiger partial charge on any atom is 0.175 e. The SMILES string of the molecule is Cc1ccc2c(c1)nc1n2C(CNCc2ccc(S(C)(=O)=O)cc2)COC1. The van der Waals surface area contributed by atoms with E-state index in [0.717, 1.165) is 29.0 Å². The van der Waals surface area contributed by atoms with Crippen LogP contribution in [0.5, 0.6) is 0 Å². The first-order valence-corrected chi connectivity index (χ1v) is 10.9. The van der Waals surface area contributed by atoms with E-state index in [1.165, 1.54) is 11.8 Å². The van der Waals surface area contributed by atoms with Crippen molar-refractivity contribution in [2.24, 2.45) is 0 Å². The van der Waals surface area contributed by atoms with Gasteiger partial charge in [-0.25, -0.2) is 13.4 Å². The number of nitrogens with zero attached hydrogens (tertiary/aromatic N) is 2. The Morgan fingerprint density at radius 1 is 1.22 bits per heavy atom. The number of imidazole rings is 1. The fraction of sp³-hybridized carbons (Fsp3) is 0.350. The van der Waals surface area contributed by atoms with Gasteiger partial charge in [-0.2, -0.15) is 0 Å². The van der Waals surface area contributed by atoms with E-state index in [-0.39, 0.29) is 6.04 Å². The number of aryl methyl sites for hydroxylation is 1. The minimum atomic E-state index is -3.16. The van der Waals surface area contributed by atoms with Crippen LogP contribution in [-0.2, 0) is 27.7 Å². The molecule has 0 radical (unpaired) electrons. The van der Waals surface area contributed by atoms with E-state index in [9.17, 15) is 8.42 Å². The Bertz CT molecular complexity index is 1070. The number of hydrogen-bond donors (Lipinski definition) is 1. The Morgan fingerprint density at radius 2 is 2.00 bits per heavy atom. The lowest BCUT2D eigenvalue weighted by Gasteiger charge is -2.26. The summed E-state index contributed by atoms with van der Waals surface area (Å²) in [5.74, 6) is 0.964. The molecule has 142 valence electrons. The maximum atomic E-state index is 11.5. The molecule has 0 saturated carbocycles. The molecule has 0 amide bonds. The minimum absolute atomic E-state index is 0.178. The number of benzene rings is 2. The maximum absolute atomic E-state index is 11.5. The average molecular weight is 385 g/mol. The van der Waals surface area contributed by atoms with E-state index in [4.69, 9.17) is 9.72 Å². The van der Waals surface area contributed by atoms with Gasteiger partial charge in [-0.3, -0.25) is 0 Å². The van der Waals surface area contributed by atoms with Crippen LogP contribution in [0.25, 0.3) is 11.0 Å². The Hall–Kier alpha value is -2.22. The van der Waals surface area contributed by atoms with E-state index in [0.29, 0.717) is 24.7 Å². The molecule has 0 aliphatic carbocycles. The summed E-state index contributed by atoms with van der Waals surface area (Å²) >= 11 is 0. The van der Waals surface area contributed by atoms with Crippen LogP contribution < -0.4 is 5.32 Å². The Balaban J connectivity index is 1.46. The van der Waals surface area contributed by atoms with Crippen LogP contribution >= 0.6 is 0 Å². The summed E-state index contributed by atoms with van der Waals surface area (Å²) in [4.78, 5) is 5.06. The molecule has 1 N–H and O–H groups in total. The van der Waals surface area contributed by atoms with Crippen molar-refractivity contribution in [1.82, 2.24) is 14.9 Å². The van der Waals surface area contributed by atoms with Gasteiger partial charge < -0.3 is 14.6 Å². The van der Waals surface area contributed by atoms with Crippen LogP contribution in [0, 0.1) is 6.92 Å². The molecule has 2 heterocycles. The Kier molecular flexibility index (Phi) is 4.75. The van der Waals surface area contributed by atoms with E-state index < -0.39 is 9.84 Å². The van der Waals surface area contributed by atoms with Crippen LogP contribution in [0.2, 0.25) is 0 Å². The molecule has 2 aromatic carbocycles. The summed E-state index contributed by atoms with van der Waals surface area (Å²) in [6, 6.07) is 13.5. The van der Waals surface area contributed by atoms with Gasteiger partial charge in [-0.05, 0) is 42.3 Å². The van der Waals surface area contributed by atoms with Crippen molar-refractivity contribution in [2.75, 3.05) is 19.4 Å². The first-order valence-electron chi connectivity index (χ1n) is 8.97. The minimum Gasteiger partial charge on any atom is -0.371 e. The van der Waals surface area contributed by atoms with Crippen LogP contribution in [-0.4, -0.2) is 37.4 Å². The molecule has 1 aliphatic rings. The van der Waals surface area contributed by atoms with Crippen molar-refractivity contribution in [3.63, 3.8) is 0 Å². The van der Waals surface area contributed by atoms with Gasteiger partial charge in [0.05, 0.1) is 28.6 Å². The van der Waals surface area contributed by atoms with Gasteiger partial charge in [-0.1, -0.05) is 18.2 Å². The molecule has 27 heavy (non-hydrogen) atoms. The lowest BCUT2D eigenvalue weighted by molar-refractivity contribution is 0.0564. The molecule has 1 unspecified atom stereocenters. The first kappa shape index (κ1) is 18.2. The molecular weight excluding hydrogens is 362 g/mol. The molecule has 1 aliphatic heterocycles. The zero-order valence-electron chi connectivity index (χ0n) is 15.5. The molecule has 0 spiro atoms. The number of sulfone groups is 1. The summed E-state index contributed by atoms with van der Waals surface area (Å²) in [5, 5.41) is 3.46. The third-order valence-electron chi connectivity index (χ3n) is 4.89.